The summed E-state index contributed by atoms with van der Waals surface area (Å²) in [5.41, 5.74) is 0.619. The lowest BCUT2D eigenvalue weighted by atomic mass is 10.2. The molecular formula is C22H21FN2O4S. The lowest BCUT2D eigenvalue weighted by Gasteiger charge is -2.20. The third-order valence-corrected chi connectivity index (χ3v) is 6.14. The summed E-state index contributed by atoms with van der Waals surface area (Å²) in [5.74, 6) is -0.447. The predicted molar refractivity (Wildman–Crippen MR) is 114 cm³/mol. The highest BCUT2D eigenvalue weighted by molar-refractivity contribution is 7.92. The van der Waals surface area contributed by atoms with Gasteiger partial charge >= 0.3 is 0 Å². The van der Waals surface area contributed by atoms with E-state index in [2.05, 4.69) is 5.32 Å². The Kier molecular flexibility index (Phi) is 6.37. The van der Waals surface area contributed by atoms with Gasteiger partial charge in [-0.15, -0.1) is 0 Å². The number of rotatable bonds is 7. The van der Waals surface area contributed by atoms with Crippen LogP contribution in [0.15, 0.2) is 77.7 Å². The number of sulfonamides is 1. The van der Waals surface area contributed by atoms with Gasteiger partial charge < -0.3 is 10.1 Å². The lowest BCUT2D eigenvalue weighted by Crippen LogP contribution is -2.27. The molecule has 0 saturated heterocycles. The Morgan fingerprint density at radius 3 is 2.40 bits per heavy atom. The van der Waals surface area contributed by atoms with Crippen LogP contribution in [0.5, 0.6) is 5.75 Å². The van der Waals surface area contributed by atoms with Crippen LogP contribution in [0, 0.1) is 5.82 Å². The quantitative estimate of drug-likeness (QED) is 0.609. The minimum Gasteiger partial charge on any atom is -0.494 e. The summed E-state index contributed by atoms with van der Waals surface area (Å²) in [6.07, 6.45) is 0. The lowest BCUT2D eigenvalue weighted by molar-refractivity contribution is 0.102. The van der Waals surface area contributed by atoms with Gasteiger partial charge in [-0.05, 0) is 61.5 Å². The van der Waals surface area contributed by atoms with Gasteiger partial charge in [0, 0.05) is 18.3 Å². The molecule has 1 N–H and O–H groups in total. The molecule has 6 nitrogen and oxygen atoms in total. The number of carbonyl (C=O) groups is 1. The van der Waals surface area contributed by atoms with Gasteiger partial charge in [-0.25, -0.2) is 12.8 Å². The molecule has 0 fully saturated rings. The van der Waals surface area contributed by atoms with Gasteiger partial charge in [0.1, 0.15) is 11.6 Å². The minimum atomic E-state index is -4.06. The molecule has 0 aliphatic carbocycles. The average Bonchev–Trinajstić information content (AvgIpc) is 2.75. The van der Waals surface area contributed by atoms with Crippen molar-refractivity contribution >= 4 is 27.3 Å². The van der Waals surface area contributed by atoms with Crippen LogP contribution in [0.2, 0.25) is 0 Å². The minimum absolute atomic E-state index is 0.0817. The Hall–Kier alpha value is -3.39. The first-order valence-corrected chi connectivity index (χ1v) is 10.6. The van der Waals surface area contributed by atoms with Crippen molar-refractivity contribution in [3.8, 4) is 5.75 Å². The number of hydrogen-bond acceptors (Lipinski definition) is 4. The van der Waals surface area contributed by atoms with Crippen LogP contribution in [-0.4, -0.2) is 28.0 Å². The number of nitrogens with zero attached hydrogens (tertiary/aromatic N) is 1. The predicted octanol–water partition coefficient (Wildman–Crippen LogP) is 4.30. The van der Waals surface area contributed by atoms with Gasteiger partial charge in [-0.1, -0.05) is 18.2 Å². The summed E-state index contributed by atoms with van der Waals surface area (Å²) in [7, 11) is -2.79. The molecule has 0 unspecified atom stereocenters. The first-order chi connectivity index (χ1) is 14.3. The summed E-state index contributed by atoms with van der Waals surface area (Å²) in [6, 6.07) is 18.0. The second kappa shape index (κ2) is 8.96. The van der Waals surface area contributed by atoms with Crippen molar-refractivity contribution in [1.29, 1.82) is 0 Å². The normalized spacial score (nSPS) is 11.0. The molecule has 0 bridgehead atoms. The van der Waals surface area contributed by atoms with Gasteiger partial charge in [-0.2, -0.15) is 0 Å². The van der Waals surface area contributed by atoms with Gasteiger partial charge in [0.15, 0.2) is 0 Å². The molecule has 0 atom stereocenters. The Morgan fingerprint density at radius 2 is 1.73 bits per heavy atom. The third kappa shape index (κ3) is 4.60. The van der Waals surface area contributed by atoms with Crippen molar-refractivity contribution in [1.82, 2.24) is 0 Å². The van der Waals surface area contributed by atoms with E-state index in [1.54, 1.807) is 30.3 Å². The van der Waals surface area contributed by atoms with Crippen molar-refractivity contribution in [2.45, 2.75) is 11.8 Å². The number of anilines is 2. The molecule has 0 spiro atoms. The number of ether oxygens (including phenoxy) is 1. The van der Waals surface area contributed by atoms with Crippen molar-refractivity contribution in [3.05, 3.63) is 84.2 Å². The van der Waals surface area contributed by atoms with Crippen LogP contribution in [0.1, 0.15) is 17.3 Å². The van der Waals surface area contributed by atoms with Crippen molar-refractivity contribution in [2.75, 3.05) is 23.3 Å². The van der Waals surface area contributed by atoms with Crippen LogP contribution < -0.4 is 14.4 Å². The molecule has 0 aliphatic rings. The van der Waals surface area contributed by atoms with Crippen molar-refractivity contribution in [2.24, 2.45) is 0 Å². The molecule has 0 saturated carbocycles. The van der Waals surface area contributed by atoms with Crippen LogP contribution in [0.4, 0.5) is 15.8 Å². The van der Waals surface area contributed by atoms with Gasteiger partial charge in [-0.3, -0.25) is 9.10 Å². The highest BCUT2D eigenvalue weighted by Crippen LogP contribution is 2.25. The van der Waals surface area contributed by atoms with E-state index >= 15 is 0 Å². The Balaban J connectivity index is 1.82. The van der Waals surface area contributed by atoms with E-state index in [1.165, 1.54) is 49.5 Å². The number of halogens is 1. The second-order valence-corrected chi connectivity index (χ2v) is 8.33. The van der Waals surface area contributed by atoms with Gasteiger partial charge in [0.25, 0.3) is 15.9 Å². The summed E-state index contributed by atoms with van der Waals surface area (Å²) in [4.78, 5) is 12.5. The number of para-hydroxylation sites is 1. The van der Waals surface area contributed by atoms with Crippen LogP contribution in [0.3, 0.4) is 0 Å². The molecule has 0 radical (unpaired) electrons. The highest BCUT2D eigenvalue weighted by atomic mass is 32.2. The van der Waals surface area contributed by atoms with E-state index < -0.39 is 21.7 Å². The third-order valence-electron chi connectivity index (χ3n) is 4.37. The topological polar surface area (TPSA) is 75.7 Å². The molecule has 0 aliphatic heterocycles. The zero-order valence-corrected chi connectivity index (χ0v) is 17.3. The maximum Gasteiger partial charge on any atom is 0.264 e. The highest BCUT2D eigenvalue weighted by Gasteiger charge is 2.24. The van der Waals surface area contributed by atoms with Gasteiger partial charge in [0.05, 0.1) is 17.2 Å². The van der Waals surface area contributed by atoms with Crippen molar-refractivity contribution in [3.63, 3.8) is 0 Å². The number of carbonyl (C=O) groups excluding carboxylic acids is 1. The monoisotopic (exact) mass is 428 g/mol. The van der Waals surface area contributed by atoms with E-state index in [0.717, 1.165) is 4.31 Å². The largest absolute Gasteiger partial charge is 0.494 e. The van der Waals surface area contributed by atoms with E-state index in [-0.39, 0.29) is 16.1 Å². The van der Waals surface area contributed by atoms with E-state index in [9.17, 15) is 17.6 Å². The molecule has 30 heavy (non-hydrogen) atoms. The molecular weight excluding hydrogens is 407 g/mol. The molecule has 3 aromatic carbocycles. The number of amides is 1. The molecule has 3 rings (SSSR count). The summed E-state index contributed by atoms with van der Waals surface area (Å²) in [5, 5.41) is 2.71. The van der Waals surface area contributed by atoms with Crippen LogP contribution >= 0.6 is 0 Å². The maximum atomic E-state index is 14.0. The number of benzene rings is 3. The van der Waals surface area contributed by atoms with Crippen molar-refractivity contribution < 1.29 is 22.3 Å². The van der Waals surface area contributed by atoms with Crippen LogP contribution in [-0.2, 0) is 10.0 Å². The van der Waals surface area contributed by atoms with E-state index in [0.29, 0.717) is 18.0 Å². The van der Waals surface area contributed by atoms with E-state index in [1.807, 2.05) is 6.92 Å². The maximum absolute atomic E-state index is 14.0. The first-order valence-electron chi connectivity index (χ1n) is 9.20. The zero-order valence-electron chi connectivity index (χ0n) is 16.5. The SMILES string of the molecule is CCOc1ccc(NC(=O)c2cccc(S(=O)(=O)N(C)c3ccccc3F)c2)cc1. The fourth-order valence-electron chi connectivity index (χ4n) is 2.80. The Morgan fingerprint density at radius 1 is 1.03 bits per heavy atom. The summed E-state index contributed by atoms with van der Waals surface area (Å²) < 4.78 is 46.1. The molecule has 0 heterocycles. The van der Waals surface area contributed by atoms with Gasteiger partial charge in [0.2, 0.25) is 0 Å². The second-order valence-electron chi connectivity index (χ2n) is 6.36. The molecule has 156 valence electrons. The smallest absolute Gasteiger partial charge is 0.264 e. The number of hydrogen-bond donors (Lipinski definition) is 1. The molecule has 3 aromatic rings. The summed E-state index contributed by atoms with van der Waals surface area (Å²) >= 11 is 0. The zero-order chi connectivity index (χ0) is 21.7. The van der Waals surface area contributed by atoms with Crippen LogP contribution in [0.25, 0.3) is 0 Å². The Bertz CT molecular complexity index is 1150. The fraction of sp³-hybridized carbons (Fsp3) is 0.136. The Labute approximate surface area is 175 Å². The fourth-order valence-corrected chi connectivity index (χ4v) is 4.05. The average molecular weight is 428 g/mol. The first kappa shape index (κ1) is 21.3. The molecule has 8 heteroatoms. The molecule has 1 amide bonds. The standard InChI is InChI=1S/C22H21FN2O4S/c1-3-29-18-13-11-17(12-14-18)24-22(26)16-7-6-8-19(15-16)30(27,28)25(2)21-10-5-4-9-20(21)23/h4-15H,3H2,1-2H3,(H,24,26). The van der Waals surface area contributed by atoms with E-state index in [4.69, 9.17) is 4.74 Å². The molecule has 0 aromatic heterocycles. The number of nitrogens with one attached hydrogen (secondary N) is 1. The summed E-state index contributed by atoms with van der Waals surface area (Å²) in [6.45, 7) is 2.41.